The van der Waals surface area contributed by atoms with Crippen LogP contribution in [0.4, 0.5) is 0 Å². The molecule has 0 aliphatic carbocycles. The molecule has 2 heteroatoms. The van der Waals surface area contributed by atoms with E-state index in [0.29, 0.717) is 13.0 Å². The van der Waals surface area contributed by atoms with Gasteiger partial charge in [-0.1, -0.05) is 18.2 Å². The van der Waals surface area contributed by atoms with Crippen LogP contribution >= 0.6 is 0 Å². The van der Waals surface area contributed by atoms with Gasteiger partial charge in [0.1, 0.15) is 0 Å². The molecule has 0 aliphatic rings. The molecule has 1 aromatic carbocycles. The van der Waals surface area contributed by atoms with E-state index < -0.39 is 0 Å². The van der Waals surface area contributed by atoms with Gasteiger partial charge in [0.15, 0.2) is 0 Å². The summed E-state index contributed by atoms with van der Waals surface area (Å²) in [5.74, 6) is -0.173. The molecule has 98 valence electrons. The molecule has 0 spiro atoms. The highest BCUT2D eigenvalue weighted by atomic mass is 16.5. The SMILES string of the molecule is CCOC(=O)CC=Cc1c(C)c(C)cc(C)c1C. The Morgan fingerprint density at radius 2 is 1.72 bits per heavy atom. The quantitative estimate of drug-likeness (QED) is 0.753. The van der Waals surface area contributed by atoms with Gasteiger partial charge in [0.25, 0.3) is 0 Å². The Hall–Kier alpha value is -1.57. The van der Waals surface area contributed by atoms with Crippen LogP contribution in [0.5, 0.6) is 0 Å². The first-order chi connectivity index (χ1) is 8.47. The number of rotatable bonds is 4. The Labute approximate surface area is 110 Å². The molecule has 1 aromatic rings. The molecule has 0 unspecified atom stereocenters. The number of hydrogen-bond acceptors (Lipinski definition) is 2. The van der Waals surface area contributed by atoms with Gasteiger partial charge in [-0.3, -0.25) is 4.79 Å². The smallest absolute Gasteiger partial charge is 0.309 e. The summed E-state index contributed by atoms with van der Waals surface area (Å²) < 4.78 is 4.90. The number of carbonyl (C=O) groups excluding carboxylic acids is 1. The van der Waals surface area contributed by atoms with Crippen molar-refractivity contribution in [2.75, 3.05) is 6.61 Å². The predicted molar refractivity (Wildman–Crippen MR) is 75.7 cm³/mol. The van der Waals surface area contributed by atoms with Gasteiger partial charge in [-0.15, -0.1) is 0 Å². The Kier molecular flexibility index (Phi) is 5.14. The fourth-order valence-corrected chi connectivity index (χ4v) is 1.99. The van der Waals surface area contributed by atoms with E-state index in [1.165, 1.54) is 27.8 Å². The number of ether oxygens (including phenoxy) is 1. The van der Waals surface area contributed by atoms with Crippen molar-refractivity contribution in [1.29, 1.82) is 0 Å². The Morgan fingerprint density at radius 3 is 2.22 bits per heavy atom. The van der Waals surface area contributed by atoms with Crippen molar-refractivity contribution in [2.45, 2.75) is 41.0 Å². The summed E-state index contributed by atoms with van der Waals surface area (Å²) in [7, 11) is 0. The third-order valence-electron chi connectivity index (χ3n) is 3.30. The van der Waals surface area contributed by atoms with Gasteiger partial charge < -0.3 is 4.74 Å². The molecule has 0 fully saturated rings. The third kappa shape index (κ3) is 3.46. The zero-order valence-electron chi connectivity index (χ0n) is 12.0. The first-order valence-electron chi connectivity index (χ1n) is 6.37. The summed E-state index contributed by atoms with van der Waals surface area (Å²) in [6, 6.07) is 2.20. The number of aryl methyl sites for hydroxylation is 2. The predicted octanol–water partition coefficient (Wildman–Crippen LogP) is 3.89. The lowest BCUT2D eigenvalue weighted by molar-refractivity contribution is -0.142. The molecule has 0 saturated heterocycles. The summed E-state index contributed by atoms with van der Waals surface area (Å²) in [5.41, 5.74) is 6.34. The maximum atomic E-state index is 11.3. The van der Waals surface area contributed by atoms with Gasteiger partial charge in [-0.05, 0) is 62.4 Å². The molecule has 0 atom stereocenters. The van der Waals surface area contributed by atoms with E-state index in [2.05, 4.69) is 33.8 Å². The zero-order valence-corrected chi connectivity index (χ0v) is 12.0. The molecule has 0 N–H and O–H groups in total. The molecular formula is C16H22O2. The topological polar surface area (TPSA) is 26.3 Å². The molecular weight excluding hydrogens is 224 g/mol. The lowest BCUT2D eigenvalue weighted by Crippen LogP contribution is -2.01. The summed E-state index contributed by atoms with van der Waals surface area (Å²) in [5, 5.41) is 0. The molecule has 18 heavy (non-hydrogen) atoms. The Morgan fingerprint density at radius 1 is 1.17 bits per heavy atom. The molecule has 0 aromatic heterocycles. The molecule has 0 saturated carbocycles. The minimum Gasteiger partial charge on any atom is -0.466 e. The average molecular weight is 246 g/mol. The number of esters is 1. The highest BCUT2D eigenvalue weighted by Crippen LogP contribution is 2.22. The minimum atomic E-state index is -0.173. The second-order valence-corrected chi connectivity index (χ2v) is 4.59. The van der Waals surface area contributed by atoms with Gasteiger partial charge in [-0.25, -0.2) is 0 Å². The van der Waals surface area contributed by atoms with E-state index in [4.69, 9.17) is 4.74 Å². The van der Waals surface area contributed by atoms with Crippen molar-refractivity contribution >= 4 is 12.0 Å². The van der Waals surface area contributed by atoms with Crippen LogP contribution in [0.15, 0.2) is 12.1 Å². The van der Waals surface area contributed by atoms with Gasteiger partial charge in [0, 0.05) is 0 Å². The molecule has 0 heterocycles. The Balaban J connectivity index is 2.91. The number of benzene rings is 1. The van der Waals surface area contributed by atoms with Crippen LogP contribution in [0.3, 0.4) is 0 Å². The first kappa shape index (κ1) is 14.5. The van der Waals surface area contributed by atoms with Crippen LogP contribution in [0, 0.1) is 27.7 Å². The maximum Gasteiger partial charge on any atom is 0.309 e. The fourth-order valence-electron chi connectivity index (χ4n) is 1.99. The van der Waals surface area contributed by atoms with E-state index in [-0.39, 0.29) is 5.97 Å². The summed E-state index contributed by atoms with van der Waals surface area (Å²) in [4.78, 5) is 11.3. The highest BCUT2D eigenvalue weighted by Gasteiger charge is 2.05. The first-order valence-corrected chi connectivity index (χ1v) is 6.37. The van der Waals surface area contributed by atoms with Crippen LogP contribution in [-0.4, -0.2) is 12.6 Å². The minimum absolute atomic E-state index is 0.173. The molecule has 2 nitrogen and oxygen atoms in total. The molecule has 0 amide bonds. The van der Waals surface area contributed by atoms with Crippen molar-refractivity contribution in [3.05, 3.63) is 40.0 Å². The molecule has 0 radical (unpaired) electrons. The summed E-state index contributed by atoms with van der Waals surface area (Å²) in [6.45, 7) is 10.7. The van der Waals surface area contributed by atoms with Crippen molar-refractivity contribution in [3.63, 3.8) is 0 Å². The van der Waals surface area contributed by atoms with Gasteiger partial charge in [0.2, 0.25) is 0 Å². The number of hydrogen-bond donors (Lipinski definition) is 0. The normalized spacial score (nSPS) is 10.9. The lowest BCUT2D eigenvalue weighted by atomic mass is 9.94. The van der Waals surface area contributed by atoms with Gasteiger partial charge >= 0.3 is 5.97 Å². The van der Waals surface area contributed by atoms with Crippen molar-refractivity contribution in [1.82, 2.24) is 0 Å². The maximum absolute atomic E-state index is 11.3. The van der Waals surface area contributed by atoms with Crippen LogP contribution in [0.2, 0.25) is 0 Å². The van der Waals surface area contributed by atoms with Crippen molar-refractivity contribution in [3.8, 4) is 0 Å². The third-order valence-corrected chi connectivity index (χ3v) is 3.30. The molecule has 0 aliphatic heterocycles. The highest BCUT2D eigenvalue weighted by molar-refractivity contribution is 5.73. The fraction of sp³-hybridized carbons (Fsp3) is 0.438. The van der Waals surface area contributed by atoms with E-state index in [9.17, 15) is 4.79 Å². The van der Waals surface area contributed by atoms with Crippen molar-refractivity contribution < 1.29 is 9.53 Å². The molecule has 1 rings (SSSR count). The zero-order chi connectivity index (χ0) is 13.7. The summed E-state index contributed by atoms with van der Waals surface area (Å²) in [6.07, 6.45) is 4.24. The summed E-state index contributed by atoms with van der Waals surface area (Å²) >= 11 is 0. The van der Waals surface area contributed by atoms with E-state index >= 15 is 0 Å². The second kappa shape index (κ2) is 6.39. The van der Waals surface area contributed by atoms with Crippen LogP contribution in [0.1, 0.15) is 41.2 Å². The molecule has 0 bridgehead atoms. The standard InChI is InChI=1S/C16H22O2/c1-6-18-16(17)9-7-8-15-13(4)11(2)10-12(3)14(15)5/h7-8,10H,6,9H2,1-5H3. The van der Waals surface area contributed by atoms with Crippen LogP contribution in [-0.2, 0) is 9.53 Å². The van der Waals surface area contributed by atoms with E-state index in [0.717, 1.165) is 0 Å². The second-order valence-electron chi connectivity index (χ2n) is 4.59. The van der Waals surface area contributed by atoms with E-state index in [1.54, 1.807) is 0 Å². The monoisotopic (exact) mass is 246 g/mol. The van der Waals surface area contributed by atoms with Gasteiger partial charge in [0.05, 0.1) is 13.0 Å². The number of carbonyl (C=O) groups is 1. The van der Waals surface area contributed by atoms with Crippen molar-refractivity contribution in [2.24, 2.45) is 0 Å². The largest absolute Gasteiger partial charge is 0.466 e. The van der Waals surface area contributed by atoms with E-state index in [1.807, 2.05) is 19.1 Å². The average Bonchev–Trinajstić information content (AvgIpc) is 2.31. The van der Waals surface area contributed by atoms with Crippen LogP contribution in [0.25, 0.3) is 6.08 Å². The van der Waals surface area contributed by atoms with Gasteiger partial charge in [-0.2, -0.15) is 0 Å². The van der Waals surface area contributed by atoms with Crippen LogP contribution < -0.4 is 0 Å². The lowest BCUT2D eigenvalue weighted by Gasteiger charge is -2.12. The Bertz CT molecular complexity index is 444.